The first-order chi connectivity index (χ1) is 9.20. The van der Waals surface area contributed by atoms with Crippen molar-refractivity contribution >= 4 is 23.6 Å². The van der Waals surface area contributed by atoms with Gasteiger partial charge >= 0.3 is 0 Å². The van der Waals surface area contributed by atoms with Crippen LogP contribution in [0.2, 0.25) is 0 Å². The van der Waals surface area contributed by atoms with Crippen LogP contribution in [0.1, 0.15) is 30.0 Å². The molecule has 0 fully saturated rings. The molecule has 0 aromatic carbocycles. The van der Waals surface area contributed by atoms with Crippen LogP contribution in [0.5, 0.6) is 0 Å². The molecule has 96 valence electrons. The lowest BCUT2D eigenvalue weighted by Crippen LogP contribution is -2.15. The van der Waals surface area contributed by atoms with Gasteiger partial charge in [0.2, 0.25) is 0 Å². The molecule has 0 saturated heterocycles. The summed E-state index contributed by atoms with van der Waals surface area (Å²) in [5.41, 5.74) is 4.27. The van der Waals surface area contributed by atoms with E-state index in [0.717, 1.165) is 25.0 Å². The number of rotatable bonds is 1. The Morgan fingerprint density at radius 2 is 2.32 bits per heavy atom. The van der Waals surface area contributed by atoms with Gasteiger partial charge in [0.05, 0.1) is 16.1 Å². The average Bonchev–Trinajstić information content (AvgIpc) is 2.92. The summed E-state index contributed by atoms with van der Waals surface area (Å²) in [6, 6.07) is 6.44. The summed E-state index contributed by atoms with van der Waals surface area (Å²) in [6.07, 6.45) is 3.14. The van der Waals surface area contributed by atoms with E-state index < -0.39 is 0 Å². The molecule has 1 atom stereocenters. The van der Waals surface area contributed by atoms with Crippen LogP contribution in [0.15, 0.2) is 17.5 Å². The molecule has 3 rings (SSSR count). The standard InChI is InChI=1S/C15H14N2S2/c1-9-4-5-10-11(7-9)14(13-3-2-6-19-13)17-15(18)12(10)8-16/h2-3,6,9H,4-5,7H2,1H3,(H,17,18). The molecule has 0 aliphatic heterocycles. The highest BCUT2D eigenvalue weighted by Gasteiger charge is 2.23. The predicted molar refractivity (Wildman–Crippen MR) is 80.8 cm³/mol. The monoisotopic (exact) mass is 286 g/mol. The van der Waals surface area contributed by atoms with Crippen molar-refractivity contribution in [2.75, 3.05) is 0 Å². The molecular formula is C15H14N2S2. The first-order valence-corrected chi connectivity index (χ1v) is 7.71. The molecule has 0 radical (unpaired) electrons. The molecule has 2 nitrogen and oxygen atoms in total. The normalized spacial score (nSPS) is 17.8. The van der Waals surface area contributed by atoms with Gasteiger partial charge in [-0.25, -0.2) is 0 Å². The van der Waals surface area contributed by atoms with Gasteiger partial charge in [0, 0.05) is 0 Å². The third kappa shape index (κ3) is 2.13. The lowest BCUT2D eigenvalue weighted by molar-refractivity contribution is 0.500. The second-order valence-corrected chi connectivity index (χ2v) is 6.45. The first kappa shape index (κ1) is 12.6. The second-order valence-electron chi connectivity index (χ2n) is 5.10. The number of hydrogen-bond donors (Lipinski definition) is 1. The molecule has 1 aliphatic rings. The van der Waals surface area contributed by atoms with Crippen molar-refractivity contribution in [3.05, 3.63) is 38.8 Å². The van der Waals surface area contributed by atoms with Crippen LogP contribution in [0.3, 0.4) is 0 Å². The van der Waals surface area contributed by atoms with Crippen molar-refractivity contribution in [1.82, 2.24) is 4.98 Å². The molecule has 0 amide bonds. The highest BCUT2D eigenvalue weighted by Crippen LogP contribution is 2.36. The molecule has 0 saturated carbocycles. The van der Waals surface area contributed by atoms with Crippen LogP contribution in [0.25, 0.3) is 10.6 Å². The zero-order valence-electron chi connectivity index (χ0n) is 10.7. The Kier molecular flexibility index (Phi) is 3.26. The maximum Gasteiger partial charge on any atom is 0.122 e. The molecule has 19 heavy (non-hydrogen) atoms. The van der Waals surface area contributed by atoms with E-state index in [1.54, 1.807) is 11.3 Å². The minimum Gasteiger partial charge on any atom is -0.344 e. The third-order valence-corrected chi connectivity index (χ3v) is 4.95. The lowest BCUT2D eigenvalue weighted by atomic mass is 9.82. The number of nitriles is 1. The number of pyridine rings is 1. The molecule has 1 N–H and O–H groups in total. The quantitative estimate of drug-likeness (QED) is 0.786. The first-order valence-electron chi connectivity index (χ1n) is 6.42. The number of nitrogens with one attached hydrogen (secondary N) is 1. The van der Waals surface area contributed by atoms with E-state index in [2.05, 4.69) is 29.4 Å². The van der Waals surface area contributed by atoms with Gasteiger partial charge in [0.25, 0.3) is 0 Å². The summed E-state index contributed by atoms with van der Waals surface area (Å²) in [5.74, 6) is 0.669. The van der Waals surface area contributed by atoms with Gasteiger partial charge in [0.1, 0.15) is 10.7 Å². The van der Waals surface area contributed by atoms with Gasteiger partial charge in [0.15, 0.2) is 0 Å². The average molecular weight is 286 g/mol. The van der Waals surface area contributed by atoms with Crippen LogP contribution in [0.4, 0.5) is 0 Å². The molecule has 2 aromatic heterocycles. The lowest BCUT2D eigenvalue weighted by Gasteiger charge is -2.24. The Hall–Kier alpha value is -1.44. The zero-order valence-corrected chi connectivity index (χ0v) is 12.3. The molecule has 2 aromatic rings. The number of fused-ring (bicyclic) bond motifs is 1. The Morgan fingerprint density at radius 1 is 1.47 bits per heavy atom. The number of aromatic nitrogens is 1. The van der Waals surface area contributed by atoms with E-state index in [4.69, 9.17) is 12.2 Å². The van der Waals surface area contributed by atoms with Gasteiger partial charge in [-0.2, -0.15) is 5.26 Å². The smallest absolute Gasteiger partial charge is 0.122 e. The van der Waals surface area contributed by atoms with E-state index in [-0.39, 0.29) is 0 Å². The topological polar surface area (TPSA) is 39.6 Å². The van der Waals surface area contributed by atoms with Gasteiger partial charge in [-0.15, -0.1) is 11.3 Å². The van der Waals surface area contributed by atoms with Gasteiger partial charge < -0.3 is 4.98 Å². The van der Waals surface area contributed by atoms with Crippen molar-refractivity contribution < 1.29 is 0 Å². The highest BCUT2D eigenvalue weighted by atomic mass is 32.1. The Labute approximate surface area is 121 Å². The van der Waals surface area contributed by atoms with Gasteiger partial charge in [-0.05, 0) is 47.8 Å². The maximum absolute atomic E-state index is 9.33. The Morgan fingerprint density at radius 3 is 3.00 bits per heavy atom. The molecule has 4 heteroatoms. The number of thiophene rings is 1. The third-order valence-electron chi connectivity index (χ3n) is 3.75. The molecule has 1 unspecified atom stereocenters. The van der Waals surface area contributed by atoms with Crippen LogP contribution >= 0.6 is 23.6 Å². The number of nitrogens with zero attached hydrogens (tertiary/aromatic N) is 1. The zero-order chi connectivity index (χ0) is 13.4. The van der Waals surface area contributed by atoms with E-state index in [0.29, 0.717) is 16.1 Å². The molecule has 0 bridgehead atoms. The van der Waals surface area contributed by atoms with Crippen LogP contribution in [-0.4, -0.2) is 4.98 Å². The van der Waals surface area contributed by atoms with E-state index >= 15 is 0 Å². The van der Waals surface area contributed by atoms with Crippen LogP contribution < -0.4 is 0 Å². The van der Waals surface area contributed by atoms with E-state index in [1.165, 1.54) is 16.0 Å². The van der Waals surface area contributed by atoms with Crippen molar-refractivity contribution in [3.63, 3.8) is 0 Å². The van der Waals surface area contributed by atoms with Crippen molar-refractivity contribution in [3.8, 4) is 16.6 Å². The number of aromatic amines is 1. The fourth-order valence-corrected chi connectivity index (χ4v) is 3.81. The fraction of sp³-hybridized carbons (Fsp3) is 0.333. The van der Waals surface area contributed by atoms with Gasteiger partial charge in [-0.3, -0.25) is 0 Å². The molecule has 2 heterocycles. The summed E-state index contributed by atoms with van der Waals surface area (Å²) in [7, 11) is 0. The SMILES string of the molecule is CC1CCc2c(c(-c3cccs3)[nH]c(=S)c2C#N)C1. The largest absolute Gasteiger partial charge is 0.344 e. The number of hydrogen-bond acceptors (Lipinski definition) is 3. The summed E-state index contributed by atoms with van der Waals surface area (Å²) < 4.78 is 0.583. The minimum absolute atomic E-state index is 0.583. The van der Waals surface area contributed by atoms with Crippen molar-refractivity contribution in [1.29, 1.82) is 5.26 Å². The maximum atomic E-state index is 9.33. The summed E-state index contributed by atoms with van der Waals surface area (Å²) in [6.45, 7) is 2.27. The van der Waals surface area contributed by atoms with Crippen LogP contribution in [0, 0.1) is 21.9 Å². The van der Waals surface area contributed by atoms with Crippen LogP contribution in [-0.2, 0) is 12.8 Å². The summed E-state index contributed by atoms with van der Waals surface area (Å²) in [4.78, 5) is 4.49. The fourth-order valence-electron chi connectivity index (χ4n) is 2.78. The van der Waals surface area contributed by atoms with Gasteiger partial charge in [-0.1, -0.05) is 25.2 Å². The number of H-pyrrole nitrogens is 1. The highest BCUT2D eigenvalue weighted by molar-refractivity contribution is 7.71. The molecule has 0 spiro atoms. The summed E-state index contributed by atoms with van der Waals surface area (Å²) in [5, 5.41) is 11.4. The van der Waals surface area contributed by atoms with E-state index in [1.807, 2.05) is 6.07 Å². The Balaban J connectivity index is 2.30. The van der Waals surface area contributed by atoms with Crippen molar-refractivity contribution in [2.24, 2.45) is 5.92 Å². The Bertz CT molecular complexity index is 705. The predicted octanol–water partition coefficient (Wildman–Crippen LogP) is 4.47. The molecular weight excluding hydrogens is 272 g/mol. The summed E-state index contributed by atoms with van der Waals surface area (Å²) >= 11 is 7.07. The second kappa shape index (κ2) is 4.92. The molecule has 1 aliphatic carbocycles. The minimum atomic E-state index is 0.583. The van der Waals surface area contributed by atoms with Crippen molar-refractivity contribution in [2.45, 2.75) is 26.2 Å². The van der Waals surface area contributed by atoms with E-state index in [9.17, 15) is 5.26 Å².